The van der Waals surface area contributed by atoms with Gasteiger partial charge in [-0.15, -0.1) is 0 Å². The van der Waals surface area contributed by atoms with Gasteiger partial charge in [0.05, 0.1) is 12.8 Å². The van der Waals surface area contributed by atoms with Gasteiger partial charge in [0.15, 0.2) is 0 Å². The number of oxime groups is 1. The first kappa shape index (κ1) is 11.9. The first-order valence-electron chi connectivity index (χ1n) is 5.91. The van der Waals surface area contributed by atoms with Gasteiger partial charge in [0.1, 0.15) is 11.9 Å². The highest BCUT2D eigenvalue weighted by Crippen LogP contribution is 2.18. The summed E-state index contributed by atoms with van der Waals surface area (Å²) in [6, 6.07) is 7.90. The first-order chi connectivity index (χ1) is 8.33. The lowest BCUT2D eigenvalue weighted by Crippen LogP contribution is -2.26. The number of nitrogens with one attached hydrogen (secondary N) is 1. The van der Waals surface area contributed by atoms with Crippen LogP contribution < -0.4 is 10.1 Å². The largest absolute Gasteiger partial charge is 0.497 e. The van der Waals surface area contributed by atoms with Crippen molar-refractivity contribution in [2.24, 2.45) is 5.16 Å². The van der Waals surface area contributed by atoms with E-state index in [9.17, 15) is 0 Å². The molecule has 1 atom stereocenters. The van der Waals surface area contributed by atoms with Crippen molar-refractivity contribution in [2.75, 3.05) is 20.2 Å². The summed E-state index contributed by atoms with van der Waals surface area (Å²) < 4.78 is 5.12. The molecule has 1 heterocycles. The molecule has 1 aromatic rings. The molecule has 0 spiro atoms. The van der Waals surface area contributed by atoms with Crippen LogP contribution in [0.25, 0.3) is 0 Å². The third kappa shape index (κ3) is 2.97. The van der Waals surface area contributed by atoms with Gasteiger partial charge >= 0.3 is 0 Å². The summed E-state index contributed by atoms with van der Waals surface area (Å²) in [6.45, 7) is 3.89. The molecule has 0 saturated heterocycles. The summed E-state index contributed by atoms with van der Waals surface area (Å²) in [7, 11) is 1.66. The molecule has 0 fully saturated rings. The first-order valence-corrected chi connectivity index (χ1v) is 5.91. The maximum Gasteiger partial charge on any atom is 0.145 e. The lowest BCUT2D eigenvalue weighted by Gasteiger charge is -2.07. The molecular formula is C13H18N2O2. The monoisotopic (exact) mass is 234 g/mol. The van der Waals surface area contributed by atoms with E-state index in [1.165, 1.54) is 0 Å². The smallest absolute Gasteiger partial charge is 0.145 e. The Hall–Kier alpha value is -1.55. The average Bonchev–Trinajstić information content (AvgIpc) is 2.85. The molecule has 0 saturated carbocycles. The zero-order valence-corrected chi connectivity index (χ0v) is 10.3. The number of ether oxygens (including phenoxy) is 1. The molecule has 0 aromatic heterocycles. The Balaban J connectivity index is 1.95. The van der Waals surface area contributed by atoms with Gasteiger partial charge in [0.2, 0.25) is 0 Å². The van der Waals surface area contributed by atoms with Crippen molar-refractivity contribution in [1.29, 1.82) is 0 Å². The van der Waals surface area contributed by atoms with Gasteiger partial charge in [-0.1, -0.05) is 12.1 Å². The van der Waals surface area contributed by atoms with Crippen molar-refractivity contribution >= 4 is 5.71 Å². The maximum atomic E-state index is 5.37. The van der Waals surface area contributed by atoms with Crippen LogP contribution in [0.1, 0.15) is 18.9 Å². The zero-order valence-electron chi connectivity index (χ0n) is 10.3. The molecule has 17 heavy (non-hydrogen) atoms. The van der Waals surface area contributed by atoms with Crippen LogP contribution in [0.2, 0.25) is 0 Å². The molecule has 1 aliphatic heterocycles. The summed E-state index contributed by atoms with van der Waals surface area (Å²) in [4.78, 5) is 5.37. The van der Waals surface area contributed by atoms with E-state index < -0.39 is 0 Å². The van der Waals surface area contributed by atoms with Crippen molar-refractivity contribution < 1.29 is 9.57 Å². The van der Waals surface area contributed by atoms with Crippen LogP contribution in [-0.4, -0.2) is 32.0 Å². The van der Waals surface area contributed by atoms with Crippen LogP contribution in [0.3, 0.4) is 0 Å². The predicted octanol–water partition coefficient (Wildman–Crippen LogP) is 1.80. The quantitative estimate of drug-likeness (QED) is 0.844. The summed E-state index contributed by atoms with van der Waals surface area (Å²) in [5.41, 5.74) is 2.11. The normalized spacial score (nSPS) is 18.7. The van der Waals surface area contributed by atoms with E-state index in [-0.39, 0.29) is 6.10 Å². The van der Waals surface area contributed by atoms with Crippen LogP contribution in [-0.2, 0) is 4.84 Å². The zero-order chi connectivity index (χ0) is 12.1. The molecule has 4 nitrogen and oxygen atoms in total. The number of hydrogen-bond acceptors (Lipinski definition) is 4. The van der Waals surface area contributed by atoms with Gasteiger partial charge in [-0.3, -0.25) is 0 Å². The van der Waals surface area contributed by atoms with Gasteiger partial charge in [0, 0.05) is 13.0 Å². The van der Waals surface area contributed by atoms with E-state index in [1.807, 2.05) is 24.3 Å². The Morgan fingerprint density at radius 3 is 2.82 bits per heavy atom. The van der Waals surface area contributed by atoms with E-state index in [4.69, 9.17) is 9.57 Å². The number of nitrogens with zero attached hydrogens (tertiary/aromatic N) is 1. The Kier molecular flexibility index (Phi) is 3.98. The molecule has 0 aliphatic carbocycles. The van der Waals surface area contributed by atoms with Crippen LogP contribution >= 0.6 is 0 Å². The number of rotatable bonds is 5. The van der Waals surface area contributed by atoms with Crippen LogP contribution in [0, 0.1) is 0 Å². The Morgan fingerprint density at radius 1 is 1.41 bits per heavy atom. The second-order valence-corrected chi connectivity index (χ2v) is 4.01. The fourth-order valence-electron chi connectivity index (χ4n) is 1.80. The Labute approximate surface area is 102 Å². The molecule has 1 N–H and O–H groups in total. The molecule has 0 radical (unpaired) electrons. The third-order valence-corrected chi connectivity index (χ3v) is 2.78. The fourth-order valence-corrected chi connectivity index (χ4v) is 1.80. The predicted molar refractivity (Wildman–Crippen MR) is 67.6 cm³/mol. The van der Waals surface area contributed by atoms with Crippen molar-refractivity contribution in [1.82, 2.24) is 5.32 Å². The minimum Gasteiger partial charge on any atom is -0.497 e. The molecule has 0 unspecified atom stereocenters. The van der Waals surface area contributed by atoms with E-state index in [1.54, 1.807) is 7.11 Å². The topological polar surface area (TPSA) is 42.8 Å². The van der Waals surface area contributed by atoms with Gasteiger partial charge in [-0.25, -0.2) is 0 Å². The number of methoxy groups -OCH3 is 1. The van der Waals surface area contributed by atoms with E-state index in [2.05, 4.69) is 17.4 Å². The average molecular weight is 234 g/mol. The Bertz CT molecular complexity index is 387. The highest BCUT2D eigenvalue weighted by molar-refractivity contribution is 6.01. The number of hydrogen-bond donors (Lipinski definition) is 1. The summed E-state index contributed by atoms with van der Waals surface area (Å²) in [6.07, 6.45) is 1.02. The van der Waals surface area contributed by atoms with Crippen molar-refractivity contribution in [3.63, 3.8) is 0 Å². The molecule has 92 valence electrons. The van der Waals surface area contributed by atoms with Gasteiger partial charge in [-0.2, -0.15) is 0 Å². The molecule has 4 heteroatoms. The van der Waals surface area contributed by atoms with E-state index in [0.717, 1.165) is 36.5 Å². The molecule has 2 rings (SSSR count). The summed E-state index contributed by atoms with van der Waals surface area (Å²) in [5.74, 6) is 0.859. The lowest BCUT2D eigenvalue weighted by atomic mass is 10.0. The van der Waals surface area contributed by atoms with Gasteiger partial charge < -0.3 is 14.9 Å². The SMILES string of the molecule is CCNC[C@H]1CC(c2ccc(OC)cc2)=NO1. The molecule has 1 aliphatic rings. The molecule has 0 bridgehead atoms. The van der Waals surface area contributed by atoms with Crippen molar-refractivity contribution in [3.8, 4) is 5.75 Å². The fraction of sp³-hybridized carbons (Fsp3) is 0.462. The van der Waals surface area contributed by atoms with Gasteiger partial charge in [0.25, 0.3) is 0 Å². The van der Waals surface area contributed by atoms with Crippen LogP contribution in [0.15, 0.2) is 29.4 Å². The molecule has 1 aromatic carbocycles. The summed E-state index contributed by atoms with van der Waals surface area (Å²) >= 11 is 0. The molecule has 0 amide bonds. The number of benzene rings is 1. The second kappa shape index (κ2) is 5.68. The summed E-state index contributed by atoms with van der Waals surface area (Å²) in [5, 5.41) is 7.39. The van der Waals surface area contributed by atoms with Crippen LogP contribution in [0.5, 0.6) is 5.75 Å². The lowest BCUT2D eigenvalue weighted by molar-refractivity contribution is 0.0855. The van der Waals surface area contributed by atoms with Gasteiger partial charge in [-0.05, 0) is 36.4 Å². The van der Waals surface area contributed by atoms with Crippen molar-refractivity contribution in [3.05, 3.63) is 29.8 Å². The third-order valence-electron chi connectivity index (χ3n) is 2.78. The molecular weight excluding hydrogens is 216 g/mol. The van der Waals surface area contributed by atoms with Crippen molar-refractivity contribution in [2.45, 2.75) is 19.4 Å². The Morgan fingerprint density at radius 2 is 2.18 bits per heavy atom. The second-order valence-electron chi connectivity index (χ2n) is 4.01. The minimum absolute atomic E-state index is 0.159. The number of likely N-dealkylation sites (N-methyl/N-ethyl adjacent to an activating group) is 1. The highest BCUT2D eigenvalue weighted by atomic mass is 16.6. The van der Waals surface area contributed by atoms with E-state index >= 15 is 0 Å². The minimum atomic E-state index is 0.159. The standard InChI is InChI=1S/C13H18N2O2/c1-3-14-9-12-8-13(15-17-12)10-4-6-11(16-2)7-5-10/h4-7,12,14H,3,8-9H2,1-2H3/t12-/m1/s1. The highest BCUT2D eigenvalue weighted by Gasteiger charge is 2.21. The van der Waals surface area contributed by atoms with Crippen LogP contribution in [0.4, 0.5) is 0 Å². The maximum absolute atomic E-state index is 5.37. The van der Waals surface area contributed by atoms with E-state index in [0.29, 0.717) is 0 Å².